The van der Waals surface area contributed by atoms with Crippen LogP contribution in [0.25, 0.3) is 0 Å². The Bertz CT molecular complexity index is 763. The van der Waals surface area contributed by atoms with Gasteiger partial charge in [-0.25, -0.2) is 0 Å². The molecule has 1 aliphatic carbocycles. The van der Waals surface area contributed by atoms with Crippen LogP contribution in [0.1, 0.15) is 36.1 Å². The number of benzene rings is 2. The van der Waals surface area contributed by atoms with E-state index in [2.05, 4.69) is 34.9 Å². The second-order valence-corrected chi connectivity index (χ2v) is 5.83. The summed E-state index contributed by atoms with van der Waals surface area (Å²) in [5, 5.41) is 15.3. The van der Waals surface area contributed by atoms with E-state index in [4.69, 9.17) is 5.26 Å². The number of hydrogen-bond acceptors (Lipinski definition) is 3. The number of rotatable bonds is 4. The molecule has 0 fully saturated rings. The minimum Gasteiger partial charge on any atom is -0.324 e. The molecule has 4 heteroatoms. The summed E-state index contributed by atoms with van der Waals surface area (Å²) in [6.07, 6.45) is 2.05. The van der Waals surface area contributed by atoms with E-state index in [1.807, 2.05) is 19.1 Å². The average molecular weight is 305 g/mol. The van der Waals surface area contributed by atoms with Crippen molar-refractivity contribution in [3.05, 3.63) is 65.2 Å². The Morgan fingerprint density at radius 1 is 1.22 bits per heavy atom. The molecule has 0 aromatic heterocycles. The first-order valence-corrected chi connectivity index (χ1v) is 7.83. The lowest BCUT2D eigenvalue weighted by molar-refractivity contribution is -0.118. The first-order chi connectivity index (χ1) is 11.2. The van der Waals surface area contributed by atoms with Gasteiger partial charge in [0, 0.05) is 6.04 Å². The molecule has 0 radical (unpaired) electrons. The number of aryl methyl sites for hydroxylation is 1. The van der Waals surface area contributed by atoms with E-state index in [9.17, 15) is 4.79 Å². The van der Waals surface area contributed by atoms with Gasteiger partial charge in [-0.15, -0.1) is 0 Å². The van der Waals surface area contributed by atoms with E-state index in [0.29, 0.717) is 11.3 Å². The van der Waals surface area contributed by atoms with Crippen LogP contribution in [0.2, 0.25) is 0 Å². The van der Waals surface area contributed by atoms with Gasteiger partial charge in [0.25, 0.3) is 0 Å². The number of nitrogens with zero attached hydrogens (tertiary/aromatic N) is 1. The zero-order valence-corrected chi connectivity index (χ0v) is 13.0. The quantitative estimate of drug-likeness (QED) is 0.912. The number of fused-ring (bicyclic) bond motifs is 1. The van der Waals surface area contributed by atoms with Gasteiger partial charge in [0.15, 0.2) is 0 Å². The number of anilines is 1. The van der Waals surface area contributed by atoms with Crippen molar-refractivity contribution in [2.75, 3.05) is 5.32 Å². The average Bonchev–Trinajstić information content (AvgIpc) is 2.98. The monoisotopic (exact) mass is 305 g/mol. The number of nitriles is 1. The van der Waals surface area contributed by atoms with Gasteiger partial charge in [0.2, 0.25) is 5.91 Å². The molecule has 0 saturated heterocycles. The summed E-state index contributed by atoms with van der Waals surface area (Å²) >= 11 is 0. The number of amides is 1. The number of hydrogen-bond donors (Lipinski definition) is 2. The number of carbonyl (C=O) groups is 1. The predicted molar refractivity (Wildman–Crippen MR) is 89.9 cm³/mol. The predicted octanol–water partition coefficient (Wildman–Crippen LogP) is 3.16. The van der Waals surface area contributed by atoms with Crippen molar-refractivity contribution >= 4 is 11.6 Å². The van der Waals surface area contributed by atoms with Gasteiger partial charge in [-0.1, -0.05) is 36.4 Å². The van der Waals surface area contributed by atoms with E-state index in [-0.39, 0.29) is 18.0 Å². The first kappa shape index (κ1) is 15.3. The highest BCUT2D eigenvalue weighted by atomic mass is 16.2. The summed E-state index contributed by atoms with van der Waals surface area (Å²) in [6, 6.07) is 17.3. The lowest BCUT2D eigenvalue weighted by Gasteiger charge is -2.20. The maximum atomic E-state index is 12.4. The molecule has 1 aliphatic rings. The van der Waals surface area contributed by atoms with Crippen molar-refractivity contribution in [3.8, 4) is 6.07 Å². The molecule has 0 aliphatic heterocycles. The zero-order chi connectivity index (χ0) is 16.2. The van der Waals surface area contributed by atoms with Gasteiger partial charge in [0.05, 0.1) is 17.3 Å². The Labute approximate surface area is 136 Å². The molecule has 3 rings (SSSR count). The standard InChI is InChI=1S/C19H19N3O/c1-13(19(23)22-17-9-5-3-7-15(17)12-20)21-18-11-10-14-6-2-4-8-16(14)18/h2-9,13,18,21H,10-11H2,1H3,(H,22,23)/t13-,18+/m0/s1. The fraction of sp³-hybridized carbons (Fsp3) is 0.263. The molecule has 23 heavy (non-hydrogen) atoms. The smallest absolute Gasteiger partial charge is 0.241 e. The largest absolute Gasteiger partial charge is 0.324 e. The van der Waals surface area contributed by atoms with Gasteiger partial charge in [-0.05, 0) is 43.0 Å². The summed E-state index contributed by atoms with van der Waals surface area (Å²) in [7, 11) is 0. The van der Waals surface area contributed by atoms with Gasteiger partial charge >= 0.3 is 0 Å². The highest BCUT2D eigenvalue weighted by Crippen LogP contribution is 2.31. The molecule has 116 valence electrons. The van der Waals surface area contributed by atoms with Crippen LogP contribution in [0, 0.1) is 11.3 Å². The van der Waals surface area contributed by atoms with Crippen molar-refractivity contribution in [1.82, 2.24) is 5.32 Å². The van der Waals surface area contributed by atoms with Crippen molar-refractivity contribution in [2.45, 2.75) is 31.8 Å². The number of para-hydroxylation sites is 1. The van der Waals surface area contributed by atoms with Crippen LogP contribution >= 0.6 is 0 Å². The lowest BCUT2D eigenvalue weighted by atomic mass is 10.1. The summed E-state index contributed by atoms with van der Waals surface area (Å²) in [4.78, 5) is 12.4. The van der Waals surface area contributed by atoms with Crippen molar-refractivity contribution in [1.29, 1.82) is 5.26 Å². The molecule has 0 unspecified atom stereocenters. The van der Waals surface area contributed by atoms with Crippen molar-refractivity contribution < 1.29 is 4.79 Å². The maximum absolute atomic E-state index is 12.4. The van der Waals surface area contributed by atoms with Crippen molar-refractivity contribution in [3.63, 3.8) is 0 Å². The van der Waals surface area contributed by atoms with Crippen LogP contribution in [0.5, 0.6) is 0 Å². The topological polar surface area (TPSA) is 64.9 Å². The molecule has 4 nitrogen and oxygen atoms in total. The van der Waals surface area contributed by atoms with E-state index in [1.54, 1.807) is 18.2 Å². The fourth-order valence-corrected chi connectivity index (χ4v) is 3.04. The van der Waals surface area contributed by atoms with Crippen LogP contribution in [-0.4, -0.2) is 11.9 Å². The molecule has 0 heterocycles. The molecule has 1 amide bonds. The van der Waals surface area contributed by atoms with E-state index in [0.717, 1.165) is 12.8 Å². The molecular weight excluding hydrogens is 286 g/mol. The fourth-order valence-electron chi connectivity index (χ4n) is 3.04. The molecule has 2 aromatic carbocycles. The minimum absolute atomic E-state index is 0.128. The Morgan fingerprint density at radius 3 is 2.78 bits per heavy atom. The third-order valence-electron chi connectivity index (χ3n) is 4.28. The molecule has 2 N–H and O–H groups in total. The number of carbonyl (C=O) groups excluding carboxylic acids is 1. The molecule has 2 aromatic rings. The van der Waals surface area contributed by atoms with Crippen LogP contribution < -0.4 is 10.6 Å². The van der Waals surface area contributed by atoms with E-state index in [1.165, 1.54) is 11.1 Å². The van der Waals surface area contributed by atoms with Crippen molar-refractivity contribution in [2.24, 2.45) is 0 Å². The number of nitrogens with one attached hydrogen (secondary N) is 2. The van der Waals surface area contributed by atoms with E-state index < -0.39 is 0 Å². The third kappa shape index (κ3) is 3.25. The summed E-state index contributed by atoms with van der Waals surface area (Å²) < 4.78 is 0. The van der Waals surface area contributed by atoms with Gasteiger partial charge in [-0.2, -0.15) is 5.26 Å². The van der Waals surface area contributed by atoms with Crippen LogP contribution in [0.3, 0.4) is 0 Å². The second-order valence-electron chi connectivity index (χ2n) is 5.83. The van der Waals surface area contributed by atoms with E-state index >= 15 is 0 Å². The highest BCUT2D eigenvalue weighted by molar-refractivity contribution is 5.95. The Hall–Kier alpha value is -2.64. The van der Waals surface area contributed by atoms with Gasteiger partial charge in [0.1, 0.15) is 6.07 Å². The lowest BCUT2D eigenvalue weighted by Crippen LogP contribution is -2.39. The summed E-state index contributed by atoms with van der Waals surface area (Å²) in [6.45, 7) is 1.85. The third-order valence-corrected chi connectivity index (χ3v) is 4.28. The first-order valence-electron chi connectivity index (χ1n) is 7.83. The Kier molecular flexibility index (Phi) is 4.40. The SMILES string of the molecule is C[C@H](N[C@@H]1CCc2ccccc21)C(=O)Nc1ccccc1C#N. The molecule has 2 atom stereocenters. The maximum Gasteiger partial charge on any atom is 0.241 e. The molecule has 0 bridgehead atoms. The van der Waals surface area contributed by atoms with Crippen LogP contribution in [0.4, 0.5) is 5.69 Å². The van der Waals surface area contributed by atoms with Crippen LogP contribution in [-0.2, 0) is 11.2 Å². The van der Waals surface area contributed by atoms with Crippen LogP contribution in [0.15, 0.2) is 48.5 Å². The molecule has 0 spiro atoms. The molecular formula is C19H19N3O. The Balaban J connectivity index is 1.66. The molecule has 0 saturated carbocycles. The summed E-state index contributed by atoms with van der Waals surface area (Å²) in [5.41, 5.74) is 3.66. The highest BCUT2D eigenvalue weighted by Gasteiger charge is 2.25. The zero-order valence-electron chi connectivity index (χ0n) is 13.0. The minimum atomic E-state index is -0.335. The summed E-state index contributed by atoms with van der Waals surface area (Å²) in [5.74, 6) is -0.128. The normalized spacial score (nSPS) is 17.1. The Morgan fingerprint density at radius 2 is 1.96 bits per heavy atom. The second kappa shape index (κ2) is 6.64. The van der Waals surface area contributed by atoms with Gasteiger partial charge < -0.3 is 5.32 Å². The van der Waals surface area contributed by atoms with Gasteiger partial charge in [-0.3, -0.25) is 10.1 Å².